The van der Waals surface area contributed by atoms with Crippen molar-refractivity contribution in [3.63, 3.8) is 0 Å². The molecule has 2 aromatic rings. The van der Waals surface area contributed by atoms with Crippen LogP contribution < -0.4 is 10.6 Å². The van der Waals surface area contributed by atoms with E-state index in [-0.39, 0.29) is 18.4 Å². The summed E-state index contributed by atoms with van der Waals surface area (Å²) in [5.41, 5.74) is -0.0271. The third kappa shape index (κ3) is 3.15. The summed E-state index contributed by atoms with van der Waals surface area (Å²) in [6.45, 7) is 1.42. The fourth-order valence-electron chi connectivity index (χ4n) is 3.74. The van der Waals surface area contributed by atoms with Crippen molar-refractivity contribution in [3.8, 4) is 0 Å². The molecule has 28 heavy (non-hydrogen) atoms. The standard InChI is InChI=1S/C20H23N5O3/c1-20(14-8-9-14)18(27)25(19(28)23-20)12-15(26)22-16(13-6-4-3-5-7-13)17-21-10-11-24(17)2/h3-7,10-11,14,16H,8-9,12H2,1-2H3,(H,22,26)(H,23,28)/t16-,20+/m1/s1. The summed E-state index contributed by atoms with van der Waals surface area (Å²) < 4.78 is 1.83. The van der Waals surface area contributed by atoms with Crippen LogP contribution >= 0.6 is 0 Å². The predicted molar refractivity (Wildman–Crippen MR) is 101 cm³/mol. The molecule has 1 aromatic carbocycles. The maximum atomic E-state index is 12.8. The van der Waals surface area contributed by atoms with Gasteiger partial charge in [0.1, 0.15) is 23.9 Å². The number of nitrogens with one attached hydrogen (secondary N) is 2. The Bertz CT molecular complexity index is 921. The van der Waals surface area contributed by atoms with E-state index in [0.717, 1.165) is 23.3 Å². The molecule has 2 fully saturated rings. The van der Waals surface area contributed by atoms with Gasteiger partial charge in [0.25, 0.3) is 5.91 Å². The molecule has 1 aliphatic heterocycles. The number of urea groups is 1. The van der Waals surface area contributed by atoms with Gasteiger partial charge in [-0.2, -0.15) is 0 Å². The molecular weight excluding hydrogens is 358 g/mol. The number of amides is 4. The van der Waals surface area contributed by atoms with Crippen LogP contribution in [-0.2, 0) is 16.6 Å². The van der Waals surface area contributed by atoms with E-state index < -0.39 is 23.5 Å². The molecule has 4 rings (SSSR count). The summed E-state index contributed by atoms with van der Waals surface area (Å²) in [6, 6.07) is 8.47. The minimum absolute atomic E-state index is 0.154. The molecule has 1 aromatic heterocycles. The maximum absolute atomic E-state index is 12.8. The van der Waals surface area contributed by atoms with Crippen LogP contribution in [0.5, 0.6) is 0 Å². The van der Waals surface area contributed by atoms with Crippen LogP contribution in [0.15, 0.2) is 42.7 Å². The highest BCUT2D eigenvalue weighted by molar-refractivity contribution is 6.09. The Morgan fingerprint density at radius 2 is 2.04 bits per heavy atom. The van der Waals surface area contributed by atoms with Gasteiger partial charge in [0.2, 0.25) is 5.91 Å². The van der Waals surface area contributed by atoms with Crippen LogP contribution in [0.2, 0.25) is 0 Å². The van der Waals surface area contributed by atoms with E-state index in [1.807, 2.05) is 41.9 Å². The van der Waals surface area contributed by atoms with Gasteiger partial charge in [0.05, 0.1) is 0 Å². The van der Waals surface area contributed by atoms with Crippen LogP contribution in [-0.4, -0.2) is 44.4 Å². The first-order valence-electron chi connectivity index (χ1n) is 9.36. The molecule has 0 bridgehead atoms. The van der Waals surface area contributed by atoms with Crippen LogP contribution in [0.3, 0.4) is 0 Å². The number of rotatable bonds is 6. The molecule has 1 aliphatic carbocycles. The molecule has 8 nitrogen and oxygen atoms in total. The molecule has 2 aliphatic rings. The van der Waals surface area contributed by atoms with Crippen LogP contribution in [0, 0.1) is 5.92 Å². The Labute approximate surface area is 162 Å². The van der Waals surface area contributed by atoms with Crippen molar-refractivity contribution >= 4 is 17.8 Å². The molecule has 146 valence electrons. The molecule has 8 heteroatoms. The molecule has 0 unspecified atom stereocenters. The number of benzene rings is 1. The first kappa shape index (κ1) is 18.2. The number of aryl methyl sites for hydroxylation is 1. The second-order valence-corrected chi connectivity index (χ2v) is 7.61. The van der Waals surface area contributed by atoms with Gasteiger partial charge in [-0.25, -0.2) is 9.78 Å². The highest BCUT2D eigenvalue weighted by Gasteiger charge is 2.56. The van der Waals surface area contributed by atoms with Gasteiger partial charge in [-0.15, -0.1) is 0 Å². The molecule has 1 saturated heterocycles. The number of carbonyl (C=O) groups excluding carboxylic acids is 3. The fourth-order valence-corrected chi connectivity index (χ4v) is 3.74. The molecule has 1 saturated carbocycles. The van der Waals surface area contributed by atoms with Gasteiger partial charge in [-0.3, -0.25) is 14.5 Å². The smallest absolute Gasteiger partial charge is 0.325 e. The summed E-state index contributed by atoms with van der Waals surface area (Å²) in [6.07, 6.45) is 5.29. The minimum atomic E-state index is -0.893. The molecular formula is C20H23N5O3. The quantitative estimate of drug-likeness (QED) is 0.738. The third-order valence-electron chi connectivity index (χ3n) is 5.55. The normalized spacial score (nSPS) is 22.9. The molecule has 2 N–H and O–H groups in total. The Hall–Kier alpha value is -3.16. The highest BCUT2D eigenvalue weighted by atomic mass is 16.2. The Morgan fingerprint density at radius 1 is 1.32 bits per heavy atom. The largest absolute Gasteiger partial charge is 0.341 e. The summed E-state index contributed by atoms with van der Waals surface area (Å²) in [7, 11) is 1.85. The molecule has 4 amide bonds. The summed E-state index contributed by atoms with van der Waals surface area (Å²) >= 11 is 0. The zero-order valence-electron chi connectivity index (χ0n) is 15.9. The summed E-state index contributed by atoms with van der Waals surface area (Å²) in [4.78, 5) is 43.2. The van der Waals surface area contributed by atoms with Crippen LogP contribution in [0.25, 0.3) is 0 Å². The van der Waals surface area contributed by atoms with Crippen molar-refractivity contribution < 1.29 is 14.4 Å². The van der Waals surface area contributed by atoms with Crippen molar-refractivity contribution in [2.45, 2.75) is 31.3 Å². The lowest BCUT2D eigenvalue weighted by Gasteiger charge is -2.22. The van der Waals surface area contributed by atoms with E-state index in [9.17, 15) is 14.4 Å². The average Bonchev–Trinajstić information content (AvgIpc) is 3.42. The lowest BCUT2D eigenvalue weighted by atomic mass is 9.96. The maximum Gasteiger partial charge on any atom is 0.325 e. The summed E-state index contributed by atoms with van der Waals surface area (Å²) in [5.74, 6) is 0.0741. The number of aromatic nitrogens is 2. The second-order valence-electron chi connectivity index (χ2n) is 7.61. The monoisotopic (exact) mass is 381 g/mol. The van der Waals surface area contributed by atoms with Crippen LogP contribution in [0.1, 0.15) is 37.2 Å². The van der Waals surface area contributed by atoms with Crippen molar-refractivity contribution in [1.82, 2.24) is 25.1 Å². The van der Waals surface area contributed by atoms with Crippen molar-refractivity contribution in [2.75, 3.05) is 6.54 Å². The number of imidazole rings is 1. The zero-order valence-corrected chi connectivity index (χ0v) is 15.9. The topological polar surface area (TPSA) is 96.3 Å². The molecule has 2 heterocycles. The first-order valence-corrected chi connectivity index (χ1v) is 9.36. The Kier molecular flexibility index (Phi) is 4.41. The summed E-state index contributed by atoms with van der Waals surface area (Å²) in [5, 5.41) is 5.68. The van der Waals surface area contributed by atoms with E-state index in [0.29, 0.717) is 5.82 Å². The average molecular weight is 381 g/mol. The lowest BCUT2D eigenvalue weighted by Crippen LogP contribution is -2.47. The number of hydrogen-bond donors (Lipinski definition) is 2. The van der Waals surface area contributed by atoms with Crippen LogP contribution in [0.4, 0.5) is 4.79 Å². The number of nitrogens with zero attached hydrogens (tertiary/aromatic N) is 3. The number of imide groups is 1. The zero-order chi connectivity index (χ0) is 19.9. The molecule has 0 radical (unpaired) electrons. The van der Waals surface area contributed by atoms with E-state index in [2.05, 4.69) is 15.6 Å². The van der Waals surface area contributed by atoms with Gasteiger partial charge in [-0.05, 0) is 31.2 Å². The second kappa shape index (κ2) is 6.78. The van der Waals surface area contributed by atoms with E-state index in [4.69, 9.17) is 0 Å². The first-order chi connectivity index (χ1) is 13.4. The van der Waals surface area contributed by atoms with Crippen molar-refractivity contribution in [3.05, 3.63) is 54.1 Å². The van der Waals surface area contributed by atoms with Gasteiger partial charge >= 0.3 is 6.03 Å². The van der Waals surface area contributed by atoms with E-state index in [1.54, 1.807) is 19.3 Å². The SMILES string of the molecule is Cn1ccnc1[C@H](NC(=O)CN1C(=O)N[C@@](C)(C2CC2)C1=O)c1ccccc1. The number of hydrogen-bond acceptors (Lipinski definition) is 4. The molecule has 0 spiro atoms. The van der Waals surface area contributed by atoms with Crippen molar-refractivity contribution in [2.24, 2.45) is 13.0 Å². The van der Waals surface area contributed by atoms with Gasteiger partial charge in [-0.1, -0.05) is 30.3 Å². The Balaban J connectivity index is 1.52. The molecule has 2 atom stereocenters. The van der Waals surface area contributed by atoms with Gasteiger partial charge in [0.15, 0.2) is 0 Å². The van der Waals surface area contributed by atoms with E-state index >= 15 is 0 Å². The predicted octanol–water partition coefficient (Wildman–Crippen LogP) is 1.35. The highest BCUT2D eigenvalue weighted by Crippen LogP contribution is 2.42. The lowest BCUT2D eigenvalue weighted by molar-refractivity contribution is -0.135. The third-order valence-corrected chi connectivity index (χ3v) is 5.55. The van der Waals surface area contributed by atoms with Gasteiger partial charge in [0, 0.05) is 19.4 Å². The fraction of sp³-hybridized carbons (Fsp3) is 0.400. The minimum Gasteiger partial charge on any atom is -0.341 e. The van der Waals surface area contributed by atoms with Crippen molar-refractivity contribution in [1.29, 1.82) is 0 Å². The van der Waals surface area contributed by atoms with E-state index in [1.165, 1.54) is 0 Å². The number of carbonyl (C=O) groups is 3. The van der Waals surface area contributed by atoms with Gasteiger partial charge < -0.3 is 15.2 Å². The Morgan fingerprint density at radius 3 is 2.64 bits per heavy atom.